The van der Waals surface area contributed by atoms with Crippen LogP contribution in [0.2, 0.25) is 0 Å². The lowest BCUT2D eigenvalue weighted by Crippen LogP contribution is -2.22. The Bertz CT molecular complexity index is 1530. The Labute approximate surface area is 279 Å². The van der Waals surface area contributed by atoms with E-state index in [1.54, 1.807) is 12.1 Å². The summed E-state index contributed by atoms with van der Waals surface area (Å²) < 4.78 is 95.7. The van der Waals surface area contributed by atoms with Crippen molar-refractivity contribution in [1.29, 1.82) is 15.8 Å². The van der Waals surface area contributed by atoms with Gasteiger partial charge in [-0.3, -0.25) is 0 Å². The molecule has 0 atom stereocenters. The molecule has 3 rings (SSSR count). The molecule has 3 aromatic rings. The van der Waals surface area contributed by atoms with Crippen LogP contribution in [0.3, 0.4) is 0 Å². The third-order valence-electron chi connectivity index (χ3n) is 4.06. The van der Waals surface area contributed by atoms with Crippen molar-refractivity contribution in [2.45, 2.75) is 12.0 Å². The molecule has 1 N–H and O–H groups in total. The molecule has 0 bridgehead atoms. The van der Waals surface area contributed by atoms with E-state index in [4.69, 9.17) is 55.8 Å². The molecule has 0 unspecified atom stereocenters. The van der Waals surface area contributed by atoms with Crippen LogP contribution in [0.1, 0.15) is 16.7 Å². The van der Waals surface area contributed by atoms with Gasteiger partial charge in [0.1, 0.15) is 52.9 Å². The van der Waals surface area contributed by atoms with Gasteiger partial charge in [0.2, 0.25) is 0 Å². The molecule has 0 aliphatic carbocycles. The molecule has 46 heavy (non-hydrogen) atoms. The molecule has 0 spiro atoms. The van der Waals surface area contributed by atoms with Crippen LogP contribution in [0, 0.1) is 51.4 Å². The minimum atomic E-state index is -3.88. The van der Waals surface area contributed by atoms with Crippen molar-refractivity contribution in [2.75, 3.05) is 14.2 Å². The number of halogens is 11. The number of ether oxygens (including phenoxy) is 3. The number of aromatic hydroxyl groups is 1. The fraction of sp³-hybridized carbons (Fsp3) is 0.154. The van der Waals surface area contributed by atoms with Gasteiger partial charge in [-0.2, -0.15) is 33.3 Å². The number of alkyl halides is 5. The second kappa shape index (κ2) is 23.5. The Kier molecular flexibility index (Phi) is 22.7. The topological polar surface area (TPSA) is 136 Å². The van der Waals surface area contributed by atoms with Gasteiger partial charge in [-0.05, 0) is 48.0 Å². The Balaban J connectivity index is 0. The van der Waals surface area contributed by atoms with Crippen molar-refractivity contribution >= 4 is 59.1 Å². The highest BCUT2D eigenvalue weighted by Crippen LogP contribution is 2.21. The van der Waals surface area contributed by atoms with E-state index in [9.17, 15) is 35.5 Å². The quantitative estimate of drug-likeness (QED) is 0.122. The minimum Gasteiger partial charge on any atom is -0.506 e. The number of phenolic OH excluding ortho intramolecular Hbond substituents is 1. The van der Waals surface area contributed by atoms with Gasteiger partial charge in [-0.1, -0.05) is 0 Å². The molecule has 0 fully saturated rings. The molecular weight excluding hydrogens is 736 g/mol. The van der Waals surface area contributed by atoms with Crippen LogP contribution in [-0.4, -0.2) is 48.7 Å². The maximum absolute atomic E-state index is 12.5. The summed E-state index contributed by atoms with van der Waals surface area (Å²) in [7, 11) is 17.1. The lowest BCUT2D eigenvalue weighted by Gasteiger charge is -2.05. The highest BCUT2D eigenvalue weighted by atomic mass is 35.8. The summed E-state index contributed by atoms with van der Waals surface area (Å²) in [6.45, 7) is -3.06. The van der Waals surface area contributed by atoms with Crippen molar-refractivity contribution in [2.24, 2.45) is 0 Å². The van der Waals surface area contributed by atoms with Crippen molar-refractivity contribution in [1.82, 2.24) is 0 Å². The van der Waals surface area contributed by atoms with Gasteiger partial charge >= 0.3 is 29.3 Å². The lowest BCUT2D eigenvalue weighted by molar-refractivity contribution is -0.157. The normalized spacial score (nSPS) is 9.28. The van der Waals surface area contributed by atoms with Gasteiger partial charge in [0.25, 0.3) is 0 Å². The molecule has 246 valence electrons. The van der Waals surface area contributed by atoms with Crippen LogP contribution >= 0.6 is 41.7 Å². The number of rotatable bonds is 4. The molecule has 0 saturated heterocycles. The van der Waals surface area contributed by atoms with Crippen molar-refractivity contribution in [3.05, 3.63) is 88.7 Å². The zero-order chi connectivity index (χ0) is 36.0. The van der Waals surface area contributed by atoms with E-state index >= 15 is 0 Å². The smallest absolute Gasteiger partial charge is 0.506 e. The second-order valence-electron chi connectivity index (χ2n) is 7.10. The number of nitrogens with zero attached hydrogens (tertiary/aromatic N) is 3. The largest absolute Gasteiger partial charge is 0.643 e. The standard InChI is InChI=1S/C8H4F3NO.C8H6FNO.C7H4FNO.C3H3ClF2O2.Al.3ClH/c9-6-2-1-5(4-12)7(3-6)13-8(10)11;1-11-8-4-7(9)3-2-6(8)5-10;8-6-2-1-5(4-9)7(10)3-6;1-8-2(7)3(4,5)6;;;;/h1-3,8H;2-4H,1H3;1-3,10H;1H3;;3*1H/q;;;;+3;;;/p-3. The van der Waals surface area contributed by atoms with Crippen molar-refractivity contribution < 1.29 is 54.8 Å². The predicted molar refractivity (Wildman–Crippen MR) is 154 cm³/mol. The second-order valence-corrected chi connectivity index (χ2v) is 14.0. The number of methoxy groups -OCH3 is 2. The Hall–Kier alpha value is -3.80. The Morgan fingerprint density at radius 1 is 0.804 bits per heavy atom. The average molecular weight is 753 g/mol. The van der Waals surface area contributed by atoms with Crippen LogP contribution in [0.15, 0.2) is 54.6 Å². The monoisotopic (exact) mass is 751 g/mol. The van der Waals surface area contributed by atoms with E-state index in [-0.39, 0.29) is 22.6 Å². The van der Waals surface area contributed by atoms with Gasteiger partial charge in [0, 0.05) is 18.2 Å². The third-order valence-corrected chi connectivity index (χ3v) is 4.22. The first-order valence-corrected chi connectivity index (χ1v) is 16.8. The zero-order valence-corrected chi connectivity index (χ0v) is 27.1. The van der Waals surface area contributed by atoms with Gasteiger partial charge in [-0.15, -0.1) is 0 Å². The molecule has 0 radical (unpaired) electrons. The van der Waals surface area contributed by atoms with Crippen LogP contribution in [0.25, 0.3) is 0 Å². The summed E-state index contributed by atoms with van der Waals surface area (Å²) >= 11 is 2.45. The molecule has 0 amide bonds. The number of phenols is 1. The maximum Gasteiger partial charge on any atom is 0.643 e. The lowest BCUT2D eigenvalue weighted by atomic mass is 10.2. The fourth-order valence-corrected chi connectivity index (χ4v) is 2.33. The van der Waals surface area contributed by atoms with Crippen molar-refractivity contribution in [3.8, 4) is 35.5 Å². The average Bonchev–Trinajstić information content (AvgIpc) is 2.97. The molecule has 0 heterocycles. The van der Waals surface area contributed by atoms with Gasteiger partial charge in [0.15, 0.2) is 0 Å². The molecule has 3 aromatic carbocycles. The number of nitriles is 3. The molecule has 0 aromatic heterocycles. The molecule has 0 aliphatic rings. The number of carbonyl (C=O) groups excluding carboxylic acids is 1. The van der Waals surface area contributed by atoms with E-state index in [1.165, 1.54) is 31.4 Å². The maximum atomic E-state index is 12.5. The van der Waals surface area contributed by atoms with E-state index in [0.29, 0.717) is 5.56 Å². The molecule has 0 aliphatic heterocycles. The number of esters is 1. The van der Waals surface area contributed by atoms with Gasteiger partial charge in [-0.25, -0.2) is 48.1 Å². The van der Waals surface area contributed by atoms with Crippen LogP contribution < -0.4 is 9.47 Å². The summed E-state index contributed by atoms with van der Waals surface area (Å²) in [5.74, 6) is -3.90. The fourth-order valence-electron chi connectivity index (χ4n) is 2.25. The van der Waals surface area contributed by atoms with Crippen LogP contribution in [0.5, 0.6) is 17.2 Å². The van der Waals surface area contributed by atoms with Crippen LogP contribution in [0.4, 0.5) is 30.7 Å². The summed E-state index contributed by atoms with van der Waals surface area (Å²) in [5.41, 5.74) is 0.303. The summed E-state index contributed by atoms with van der Waals surface area (Å²) in [5, 5.41) is 30.1. The highest BCUT2D eigenvalue weighted by molar-refractivity contribution is 7.54. The van der Waals surface area contributed by atoms with E-state index < -0.39 is 52.5 Å². The summed E-state index contributed by atoms with van der Waals surface area (Å²) in [6.07, 6.45) is 0. The number of benzene rings is 3. The summed E-state index contributed by atoms with van der Waals surface area (Å²) in [6, 6.07) is 15.0. The van der Waals surface area contributed by atoms with Crippen LogP contribution in [-0.2, 0) is 9.53 Å². The van der Waals surface area contributed by atoms with Gasteiger partial charge < -0.3 is 19.3 Å². The number of hydrogen-bond acceptors (Lipinski definition) is 8. The van der Waals surface area contributed by atoms with Crippen molar-refractivity contribution in [3.63, 3.8) is 0 Å². The molecule has 20 heteroatoms. The number of hydrogen-bond donors (Lipinski definition) is 1. The molecule has 8 nitrogen and oxygen atoms in total. The summed E-state index contributed by atoms with van der Waals surface area (Å²) in [4.78, 5) is 9.73. The minimum absolute atomic E-state index is 0.0846. The predicted octanol–water partition coefficient (Wildman–Crippen LogP) is 8.09. The molecular formula is C26H17AlCl4F7N3O5. The molecule has 0 saturated carbocycles. The third kappa shape index (κ3) is 20.3. The van der Waals surface area contributed by atoms with Gasteiger partial charge in [0.05, 0.1) is 30.9 Å². The Morgan fingerprint density at radius 2 is 1.17 bits per heavy atom. The van der Waals surface area contributed by atoms with E-state index in [1.807, 2.05) is 6.07 Å². The number of carbonyl (C=O) groups is 1. The Morgan fingerprint density at radius 3 is 1.48 bits per heavy atom. The first kappa shape index (κ1) is 44.3. The van der Waals surface area contributed by atoms with E-state index in [2.05, 4.69) is 21.1 Å². The first-order valence-electron chi connectivity index (χ1n) is 11.2. The first-order chi connectivity index (χ1) is 21.4. The zero-order valence-electron chi connectivity index (χ0n) is 22.9. The van der Waals surface area contributed by atoms with E-state index in [0.717, 1.165) is 37.4 Å². The SMILES string of the molecule is COC(=O)C(F)(F)Cl.COc1cc(F)ccc1C#N.N#Cc1ccc(F)cc1O.N#Cc1ccc(F)cc1OC(F)F.[Cl][Al]([Cl])[Cl]. The highest BCUT2D eigenvalue weighted by Gasteiger charge is 2.36.